The van der Waals surface area contributed by atoms with Crippen LogP contribution < -0.4 is 9.64 Å². The maximum absolute atomic E-state index is 12.9. The third-order valence-electron chi connectivity index (χ3n) is 5.88. The molecule has 10 heteroatoms. The Morgan fingerprint density at radius 3 is 2.47 bits per heavy atom. The molecule has 7 nitrogen and oxygen atoms in total. The van der Waals surface area contributed by atoms with Crippen molar-refractivity contribution in [2.24, 2.45) is 0 Å². The van der Waals surface area contributed by atoms with Crippen LogP contribution in [0, 0.1) is 6.92 Å². The molecule has 0 spiro atoms. The van der Waals surface area contributed by atoms with Crippen molar-refractivity contribution in [1.82, 2.24) is 4.90 Å². The van der Waals surface area contributed by atoms with Crippen molar-refractivity contribution in [3.05, 3.63) is 58.7 Å². The van der Waals surface area contributed by atoms with Crippen LogP contribution in [0.2, 0.25) is 0 Å². The van der Waals surface area contributed by atoms with Crippen LogP contribution in [0.3, 0.4) is 0 Å². The maximum atomic E-state index is 12.9. The van der Waals surface area contributed by atoms with E-state index in [1.54, 1.807) is 32.9 Å². The molecule has 2 heterocycles. The number of halogens is 3. The lowest BCUT2D eigenvalue weighted by atomic mass is 9.97. The highest BCUT2D eigenvalue weighted by atomic mass is 19.4. The number of anilines is 1. The molecular formula is C24H23F3N2O5. The molecule has 1 unspecified atom stereocenters. The summed E-state index contributed by atoms with van der Waals surface area (Å²) in [6, 6.07) is 7.04. The third-order valence-corrected chi connectivity index (χ3v) is 5.88. The molecule has 3 amide bonds. The predicted molar refractivity (Wildman–Crippen MR) is 115 cm³/mol. The van der Waals surface area contributed by atoms with Gasteiger partial charge in [-0.2, -0.15) is 13.2 Å². The van der Waals surface area contributed by atoms with Gasteiger partial charge in [0.1, 0.15) is 12.3 Å². The molecule has 0 aliphatic carbocycles. The summed E-state index contributed by atoms with van der Waals surface area (Å²) in [6.45, 7) is 5.12. The van der Waals surface area contributed by atoms with Gasteiger partial charge in [0.15, 0.2) is 0 Å². The molecule has 34 heavy (non-hydrogen) atoms. The molecule has 1 atom stereocenters. The number of aryl methyl sites for hydroxylation is 1. The number of alkyl halides is 3. The number of imide groups is 1. The zero-order valence-electron chi connectivity index (χ0n) is 18.9. The average molecular weight is 476 g/mol. The van der Waals surface area contributed by atoms with Crippen LogP contribution in [0.4, 0.5) is 23.7 Å². The van der Waals surface area contributed by atoms with Gasteiger partial charge in [0, 0.05) is 12.1 Å². The van der Waals surface area contributed by atoms with E-state index in [4.69, 9.17) is 9.47 Å². The zero-order valence-corrected chi connectivity index (χ0v) is 18.9. The number of fused-ring (bicyclic) bond motifs is 1. The summed E-state index contributed by atoms with van der Waals surface area (Å²) < 4.78 is 49.5. The number of carbonyl (C=O) groups excluding carboxylic acids is 3. The van der Waals surface area contributed by atoms with Gasteiger partial charge in [0.05, 0.1) is 18.7 Å². The van der Waals surface area contributed by atoms with Crippen molar-refractivity contribution in [2.45, 2.75) is 45.5 Å². The fourth-order valence-electron chi connectivity index (χ4n) is 4.23. The second-order valence-electron chi connectivity index (χ2n) is 8.52. The molecule has 2 aromatic carbocycles. The van der Waals surface area contributed by atoms with Gasteiger partial charge in [-0.15, -0.1) is 0 Å². The molecule has 0 bridgehead atoms. The summed E-state index contributed by atoms with van der Waals surface area (Å²) in [5.41, 5.74) is 0.405. The second kappa shape index (κ2) is 8.34. The first kappa shape index (κ1) is 23.6. The van der Waals surface area contributed by atoms with Gasteiger partial charge >= 0.3 is 18.2 Å². The van der Waals surface area contributed by atoms with E-state index in [0.717, 1.165) is 33.1 Å². The number of hydrogen-bond donors (Lipinski definition) is 0. The van der Waals surface area contributed by atoms with Crippen LogP contribution in [0.25, 0.3) is 0 Å². The number of ether oxygens (including phenoxy) is 2. The minimum absolute atomic E-state index is 0.0148. The van der Waals surface area contributed by atoms with Gasteiger partial charge < -0.3 is 9.47 Å². The first-order valence-corrected chi connectivity index (χ1v) is 10.7. The second-order valence-corrected chi connectivity index (χ2v) is 8.52. The lowest BCUT2D eigenvalue weighted by molar-refractivity contribution is -0.158. The van der Waals surface area contributed by atoms with Crippen LogP contribution in [0.15, 0.2) is 36.4 Å². The summed E-state index contributed by atoms with van der Waals surface area (Å²) in [4.78, 5) is 40.0. The Balaban J connectivity index is 1.52. The molecule has 0 radical (unpaired) electrons. The number of hydrogen-bond acceptors (Lipinski definition) is 5. The fraction of sp³-hybridized carbons (Fsp3) is 0.375. The van der Waals surface area contributed by atoms with Gasteiger partial charge in [-0.05, 0) is 61.7 Å². The van der Waals surface area contributed by atoms with Gasteiger partial charge in [-0.1, -0.05) is 12.1 Å². The third kappa shape index (κ3) is 4.20. The number of benzene rings is 2. The highest BCUT2D eigenvalue weighted by Crippen LogP contribution is 2.39. The van der Waals surface area contributed by atoms with E-state index >= 15 is 0 Å². The van der Waals surface area contributed by atoms with Crippen LogP contribution >= 0.6 is 0 Å². The number of nitrogens with zero attached hydrogens (tertiary/aromatic N) is 2. The number of amides is 3. The summed E-state index contributed by atoms with van der Waals surface area (Å²) in [5.74, 6) is -0.357. The first-order chi connectivity index (χ1) is 15.9. The lowest BCUT2D eigenvalue weighted by Gasteiger charge is -2.21. The summed E-state index contributed by atoms with van der Waals surface area (Å²) in [7, 11) is 0. The maximum Gasteiger partial charge on any atom is 0.416 e. The molecule has 0 saturated carbocycles. The van der Waals surface area contributed by atoms with Gasteiger partial charge in [0.2, 0.25) is 5.60 Å². The molecule has 1 saturated heterocycles. The van der Waals surface area contributed by atoms with E-state index in [1.807, 2.05) is 0 Å². The van der Waals surface area contributed by atoms with E-state index in [0.29, 0.717) is 11.3 Å². The van der Waals surface area contributed by atoms with E-state index in [1.165, 1.54) is 12.1 Å². The van der Waals surface area contributed by atoms with Crippen LogP contribution in [0.1, 0.15) is 36.1 Å². The highest BCUT2D eigenvalue weighted by Gasteiger charge is 2.44. The Morgan fingerprint density at radius 1 is 1.18 bits per heavy atom. The Bertz CT molecular complexity index is 1160. The van der Waals surface area contributed by atoms with E-state index in [2.05, 4.69) is 0 Å². The Labute approximate surface area is 194 Å². The molecule has 180 valence electrons. The molecule has 2 aliphatic heterocycles. The average Bonchev–Trinajstić information content (AvgIpc) is 3.26. The number of carbonyl (C=O) groups is 3. The number of urea groups is 1. The van der Waals surface area contributed by atoms with Crippen molar-refractivity contribution in [3.63, 3.8) is 0 Å². The lowest BCUT2D eigenvalue weighted by Crippen LogP contribution is -2.41. The topological polar surface area (TPSA) is 76.2 Å². The number of esters is 1. The largest absolute Gasteiger partial charge is 0.475 e. The van der Waals surface area contributed by atoms with E-state index < -0.39 is 35.2 Å². The molecule has 4 rings (SSSR count). The van der Waals surface area contributed by atoms with E-state index in [-0.39, 0.29) is 31.8 Å². The first-order valence-electron chi connectivity index (χ1n) is 10.7. The summed E-state index contributed by atoms with van der Waals surface area (Å²) in [6.07, 6.45) is -4.21. The minimum Gasteiger partial charge on any atom is -0.475 e. The van der Waals surface area contributed by atoms with Crippen LogP contribution in [-0.4, -0.2) is 41.6 Å². The van der Waals surface area contributed by atoms with Crippen molar-refractivity contribution in [2.75, 3.05) is 18.1 Å². The van der Waals surface area contributed by atoms with Crippen LogP contribution in [-0.2, 0) is 33.5 Å². The fourth-order valence-corrected chi connectivity index (χ4v) is 4.23. The summed E-state index contributed by atoms with van der Waals surface area (Å²) in [5, 5.41) is 0. The molecule has 0 N–H and O–H groups in total. The molecular weight excluding hydrogens is 453 g/mol. The molecule has 2 aliphatic rings. The monoisotopic (exact) mass is 476 g/mol. The van der Waals surface area contributed by atoms with Crippen molar-refractivity contribution >= 4 is 23.6 Å². The van der Waals surface area contributed by atoms with Crippen LogP contribution in [0.5, 0.6) is 5.75 Å². The quantitative estimate of drug-likeness (QED) is 0.477. The standard InChI is InChI=1S/C24H23F3N2O5/c1-4-33-21(31)23(3)11-16-10-15(9-14(2)20(16)34-23)12-29-19(30)13-28(22(29)32)18-7-5-17(6-8-18)24(25,26)27/h5-10H,4,11-13H2,1-3H3. The van der Waals surface area contributed by atoms with Crippen molar-refractivity contribution in [3.8, 4) is 5.75 Å². The number of rotatable bonds is 5. The SMILES string of the molecule is CCOC(=O)C1(C)Cc2cc(CN3C(=O)CN(c4ccc(C(F)(F)F)cc4)C3=O)cc(C)c2O1. The normalized spacial score (nSPS) is 19.9. The predicted octanol–water partition coefficient (Wildman–Crippen LogP) is 4.24. The molecule has 2 aromatic rings. The van der Waals surface area contributed by atoms with Gasteiger partial charge in [-0.25, -0.2) is 9.59 Å². The van der Waals surface area contributed by atoms with Crippen molar-refractivity contribution in [1.29, 1.82) is 0 Å². The van der Waals surface area contributed by atoms with Crippen molar-refractivity contribution < 1.29 is 37.0 Å². The zero-order chi connectivity index (χ0) is 24.8. The minimum atomic E-state index is -4.49. The Morgan fingerprint density at radius 2 is 1.85 bits per heavy atom. The van der Waals surface area contributed by atoms with Gasteiger partial charge in [0.25, 0.3) is 5.91 Å². The molecule has 1 fully saturated rings. The van der Waals surface area contributed by atoms with Gasteiger partial charge in [-0.3, -0.25) is 14.6 Å². The molecule has 0 aromatic heterocycles. The summed E-state index contributed by atoms with van der Waals surface area (Å²) >= 11 is 0. The van der Waals surface area contributed by atoms with E-state index in [9.17, 15) is 27.6 Å². The Kier molecular flexibility index (Phi) is 5.79. The highest BCUT2D eigenvalue weighted by molar-refractivity contribution is 6.12. The Hall–Kier alpha value is -3.56. The smallest absolute Gasteiger partial charge is 0.416 e.